The summed E-state index contributed by atoms with van der Waals surface area (Å²) in [6.07, 6.45) is 1.97. The number of carbonyl (C=O) groups is 1. The van der Waals surface area contributed by atoms with Crippen molar-refractivity contribution in [1.82, 2.24) is 4.90 Å². The second-order valence-electron chi connectivity index (χ2n) is 6.52. The number of nitrogens with zero attached hydrogens (tertiary/aromatic N) is 2. The van der Waals surface area contributed by atoms with E-state index in [9.17, 15) is 23.7 Å². The molecule has 0 fully saturated rings. The summed E-state index contributed by atoms with van der Waals surface area (Å²) in [7, 11) is 0. The Morgan fingerprint density at radius 3 is 2.58 bits per heavy atom. The molecule has 0 aromatic heterocycles. The molecule has 2 rings (SSSR count). The summed E-state index contributed by atoms with van der Waals surface area (Å²) in [5.41, 5.74) is -0.729. The third-order valence-electron chi connectivity index (χ3n) is 3.49. The number of hydrogen-bond acceptors (Lipinski definition) is 4. The van der Waals surface area contributed by atoms with Gasteiger partial charge in [0.2, 0.25) is 6.04 Å². The van der Waals surface area contributed by atoms with E-state index in [0.29, 0.717) is 6.07 Å². The summed E-state index contributed by atoms with van der Waals surface area (Å²) in [5, 5.41) is 11.4. The molecule has 0 spiro atoms. The van der Waals surface area contributed by atoms with Crippen molar-refractivity contribution in [3.05, 3.63) is 57.8 Å². The maximum Gasteiger partial charge on any atom is 0.414 e. The molecule has 24 heavy (non-hydrogen) atoms. The summed E-state index contributed by atoms with van der Waals surface area (Å²) in [6, 6.07) is 1.64. The number of ether oxygens (including phenoxy) is 1. The van der Waals surface area contributed by atoms with Crippen molar-refractivity contribution in [3.63, 3.8) is 0 Å². The molecule has 1 amide bonds. The van der Waals surface area contributed by atoms with Crippen molar-refractivity contribution in [2.45, 2.75) is 38.3 Å². The number of carbonyl (C=O) groups excluding carboxylic acids is 1. The lowest BCUT2D eigenvalue weighted by Gasteiger charge is -2.31. The van der Waals surface area contributed by atoms with Crippen molar-refractivity contribution in [2.75, 3.05) is 6.54 Å². The van der Waals surface area contributed by atoms with Crippen LogP contribution in [-0.4, -0.2) is 34.1 Å². The van der Waals surface area contributed by atoms with Crippen molar-refractivity contribution >= 4 is 6.09 Å². The highest BCUT2D eigenvalue weighted by molar-refractivity contribution is 5.69. The van der Waals surface area contributed by atoms with Gasteiger partial charge in [-0.3, -0.25) is 15.0 Å². The molecular weight excluding hydrogens is 322 g/mol. The van der Waals surface area contributed by atoms with Crippen LogP contribution in [0.15, 0.2) is 30.5 Å². The van der Waals surface area contributed by atoms with Crippen LogP contribution in [0.3, 0.4) is 0 Å². The minimum absolute atomic E-state index is 0.0122. The van der Waals surface area contributed by atoms with E-state index in [1.165, 1.54) is 18.3 Å². The predicted molar refractivity (Wildman–Crippen MR) is 82.0 cm³/mol. The van der Waals surface area contributed by atoms with Crippen molar-refractivity contribution in [1.29, 1.82) is 0 Å². The number of rotatable bonds is 2. The number of amides is 1. The zero-order valence-corrected chi connectivity index (χ0v) is 13.5. The Hall–Kier alpha value is -2.51. The fourth-order valence-corrected chi connectivity index (χ4v) is 2.44. The minimum Gasteiger partial charge on any atom is -0.443 e. The molecule has 1 heterocycles. The van der Waals surface area contributed by atoms with E-state index in [4.69, 9.17) is 4.74 Å². The summed E-state index contributed by atoms with van der Waals surface area (Å²) < 4.78 is 32.2. The summed E-state index contributed by atoms with van der Waals surface area (Å²) >= 11 is 0. The van der Waals surface area contributed by atoms with Gasteiger partial charge in [-0.1, -0.05) is 12.1 Å². The minimum atomic E-state index is -1.26. The molecule has 1 aromatic carbocycles. The second kappa shape index (κ2) is 6.54. The summed E-state index contributed by atoms with van der Waals surface area (Å²) in [4.78, 5) is 23.9. The molecule has 8 heteroatoms. The fourth-order valence-electron chi connectivity index (χ4n) is 2.44. The molecule has 1 aliphatic rings. The van der Waals surface area contributed by atoms with Crippen molar-refractivity contribution < 1.29 is 23.2 Å². The topological polar surface area (TPSA) is 72.7 Å². The number of hydrogen-bond donors (Lipinski definition) is 0. The van der Waals surface area contributed by atoms with E-state index in [-0.39, 0.29) is 12.1 Å². The second-order valence-corrected chi connectivity index (χ2v) is 6.52. The van der Waals surface area contributed by atoms with Crippen LogP contribution < -0.4 is 0 Å². The Morgan fingerprint density at radius 2 is 2.04 bits per heavy atom. The Balaban J connectivity index is 2.29. The van der Waals surface area contributed by atoms with Crippen LogP contribution in [0, 0.1) is 21.7 Å². The van der Waals surface area contributed by atoms with Crippen LogP contribution in [0.2, 0.25) is 0 Å². The Bertz CT molecular complexity index is 685. The van der Waals surface area contributed by atoms with Crippen LogP contribution in [0.5, 0.6) is 0 Å². The number of nitro groups is 1. The van der Waals surface area contributed by atoms with Gasteiger partial charge in [0.1, 0.15) is 17.2 Å². The largest absolute Gasteiger partial charge is 0.443 e. The smallest absolute Gasteiger partial charge is 0.414 e. The molecule has 1 aromatic rings. The zero-order valence-electron chi connectivity index (χ0n) is 13.5. The number of benzene rings is 1. The first-order valence-electron chi connectivity index (χ1n) is 7.35. The summed E-state index contributed by atoms with van der Waals surface area (Å²) in [6.45, 7) is 4.78. The molecule has 1 aliphatic heterocycles. The molecule has 130 valence electrons. The molecule has 6 nitrogen and oxygen atoms in total. The molecule has 0 N–H and O–H groups in total. The maximum atomic E-state index is 13.9. The molecule has 2 atom stereocenters. The van der Waals surface area contributed by atoms with Crippen LogP contribution in [0.4, 0.5) is 13.6 Å². The van der Waals surface area contributed by atoms with E-state index < -0.39 is 40.2 Å². The first kappa shape index (κ1) is 17.8. The average molecular weight is 340 g/mol. The molecule has 0 saturated heterocycles. The maximum absolute atomic E-state index is 13.9. The molecule has 0 radical (unpaired) electrons. The van der Waals surface area contributed by atoms with Gasteiger partial charge in [-0.15, -0.1) is 0 Å². The van der Waals surface area contributed by atoms with Crippen LogP contribution in [0.1, 0.15) is 32.3 Å². The quantitative estimate of drug-likeness (QED) is 0.610. The van der Waals surface area contributed by atoms with E-state index in [0.717, 1.165) is 11.0 Å². The zero-order chi connectivity index (χ0) is 18.1. The Kier molecular flexibility index (Phi) is 4.86. The lowest BCUT2D eigenvalue weighted by atomic mass is 9.89. The first-order valence-corrected chi connectivity index (χ1v) is 7.35. The Morgan fingerprint density at radius 1 is 1.38 bits per heavy atom. The van der Waals surface area contributed by atoms with Gasteiger partial charge in [0, 0.05) is 22.8 Å². The normalized spacial score (nSPS) is 20.8. The van der Waals surface area contributed by atoms with Gasteiger partial charge >= 0.3 is 6.09 Å². The molecule has 0 saturated carbocycles. The lowest BCUT2D eigenvalue weighted by molar-refractivity contribution is -0.525. The van der Waals surface area contributed by atoms with E-state index in [1.807, 2.05) is 0 Å². The van der Waals surface area contributed by atoms with Gasteiger partial charge < -0.3 is 4.74 Å². The van der Waals surface area contributed by atoms with E-state index in [1.54, 1.807) is 20.8 Å². The lowest BCUT2D eigenvalue weighted by Crippen LogP contribution is -2.45. The Labute approximate surface area is 137 Å². The SMILES string of the molecule is CC(C)(C)OC(=O)N1C=C[C@@H](c2ccc(F)cc2F)[C@H]([N+](=O)[O-])C1. The van der Waals surface area contributed by atoms with Gasteiger partial charge in [-0.05, 0) is 26.8 Å². The highest BCUT2D eigenvalue weighted by atomic mass is 19.1. The monoisotopic (exact) mass is 340 g/mol. The van der Waals surface area contributed by atoms with Crippen LogP contribution >= 0.6 is 0 Å². The van der Waals surface area contributed by atoms with Gasteiger partial charge in [0.05, 0.1) is 12.5 Å². The third-order valence-corrected chi connectivity index (χ3v) is 3.49. The predicted octanol–water partition coefficient (Wildman–Crippen LogP) is 3.46. The third kappa shape index (κ3) is 4.06. The first-order chi connectivity index (χ1) is 11.1. The fraction of sp³-hybridized carbons (Fsp3) is 0.438. The van der Waals surface area contributed by atoms with Crippen LogP contribution in [0.25, 0.3) is 0 Å². The molecule has 0 aliphatic carbocycles. The molecule has 0 bridgehead atoms. The van der Waals surface area contributed by atoms with Gasteiger partial charge in [0.25, 0.3) is 0 Å². The van der Waals surface area contributed by atoms with E-state index >= 15 is 0 Å². The highest BCUT2D eigenvalue weighted by Gasteiger charge is 2.39. The van der Waals surface area contributed by atoms with Crippen LogP contribution in [-0.2, 0) is 4.74 Å². The highest BCUT2D eigenvalue weighted by Crippen LogP contribution is 2.30. The van der Waals surface area contributed by atoms with Crippen molar-refractivity contribution in [2.24, 2.45) is 0 Å². The average Bonchev–Trinajstić information content (AvgIpc) is 2.45. The van der Waals surface area contributed by atoms with E-state index in [2.05, 4.69) is 0 Å². The molecule has 0 unspecified atom stereocenters. The standard InChI is InChI=1S/C16H18F2N2O4/c1-16(2,3)24-15(21)19-7-6-12(14(9-19)20(22)23)11-5-4-10(17)8-13(11)18/h4-8,12,14H,9H2,1-3H3/t12-,14+/m0/s1. The van der Waals surface area contributed by atoms with Gasteiger partial charge in [0.15, 0.2) is 0 Å². The van der Waals surface area contributed by atoms with Gasteiger partial charge in [-0.25, -0.2) is 13.6 Å². The number of halogens is 2. The summed E-state index contributed by atoms with van der Waals surface area (Å²) in [5.74, 6) is -2.52. The van der Waals surface area contributed by atoms with Gasteiger partial charge in [-0.2, -0.15) is 0 Å². The van der Waals surface area contributed by atoms with Crippen molar-refractivity contribution in [3.8, 4) is 0 Å². The molecular formula is C16H18F2N2O4.